The highest BCUT2D eigenvalue weighted by molar-refractivity contribution is 5.91. The molecule has 1 aromatic carbocycles. The van der Waals surface area contributed by atoms with Crippen molar-refractivity contribution in [3.8, 4) is 5.75 Å². The summed E-state index contributed by atoms with van der Waals surface area (Å²) in [4.78, 5) is 14.7. The second kappa shape index (κ2) is 8.48. The largest absolute Gasteiger partial charge is 0.497 e. The highest BCUT2D eigenvalue weighted by Gasteiger charge is 2.23. The van der Waals surface area contributed by atoms with Gasteiger partial charge in [-0.15, -0.1) is 10.2 Å². The number of hydrogen-bond donors (Lipinski definition) is 1. The lowest BCUT2D eigenvalue weighted by Crippen LogP contribution is -2.30. The molecular weight excluding hydrogens is 370 g/mol. The van der Waals surface area contributed by atoms with Gasteiger partial charge in [0, 0.05) is 32.6 Å². The Morgan fingerprint density at radius 2 is 2.03 bits per heavy atom. The van der Waals surface area contributed by atoms with Crippen LogP contribution in [0.3, 0.4) is 0 Å². The van der Waals surface area contributed by atoms with Gasteiger partial charge in [0.1, 0.15) is 11.6 Å². The molecule has 3 heterocycles. The van der Waals surface area contributed by atoms with E-state index in [2.05, 4.69) is 37.1 Å². The van der Waals surface area contributed by atoms with Gasteiger partial charge in [0.15, 0.2) is 11.6 Å². The zero-order chi connectivity index (χ0) is 20.2. The van der Waals surface area contributed by atoms with E-state index < -0.39 is 0 Å². The maximum atomic E-state index is 12.3. The number of benzene rings is 1. The summed E-state index contributed by atoms with van der Waals surface area (Å²) < 4.78 is 12.5. The topological polar surface area (TPSA) is 85.4 Å². The molecule has 1 amide bonds. The van der Waals surface area contributed by atoms with Crippen LogP contribution >= 0.6 is 0 Å². The molecule has 0 spiro atoms. The van der Waals surface area contributed by atoms with Crippen molar-refractivity contribution in [3.63, 3.8) is 0 Å². The quantitative estimate of drug-likeness (QED) is 0.690. The van der Waals surface area contributed by atoms with E-state index in [1.807, 2.05) is 19.1 Å². The Labute approximate surface area is 169 Å². The zero-order valence-corrected chi connectivity index (χ0v) is 16.7. The summed E-state index contributed by atoms with van der Waals surface area (Å²) in [5, 5.41) is 11.6. The van der Waals surface area contributed by atoms with Crippen molar-refractivity contribution in [2.45, 2.75) is 32.5 Å². The lowest BCUT2D eigenvalue weighted by Gasteiger charge is -2.20. The summed E-state index contributed by atoms with van der Waals surface area (Å²) in [7, 11) is 1.68. The molecule has 2 aromatic heterocycles. The molecule has 1 aliphatic rings. The summed E-state index contributed by atoms with van der Waals surface area (Å²) in [5.41, 5.74) is 1.25. The Hall–Kier alpha value is -3.13. The number of hydrogen-bond acceptors (Lipinski definition) is 6. The molecule has 4 rings (SSSR count). The molecule has 0 fully saturated rings. The van der Waals surface area contributed by atoms with Crippen LogP contribution < -0.4 is 10.1 Å². The number of furan rings is 1. The van der Waals surface area contributed by atoms with E-state index in [0.717, 1.165) is 50.0 Å². The van der Waals surface area contributed by atoms with E-state index in [0.29, 0.717) is 0 Å². The van der Waals surface area contributed by atoms with Gasteiger partial charge in [-0.3, -0.25) is 9.69 Å². The molecule has 0 radical (unpaired) electrons. The number of nitrogens with zero attached hydrogens (tertiary/aromatic N) is 4. The van der Waals surface area contributed by atoms with Crippen LogP contribution in [0.25, 0.3) is 0 Å². The lowest BCUT2D eigenvalue weighted by atomic mass is 10.2. The molecule has 152 valence electrons. The van der Waals surface area contributed by atoms with E-state index in [1.165, 1.54) is 11.8 Å². The fraction of sp³-hybridized carbons (Fsp3) is 0.381. The van der Waals surface area contributed by atoms with Gasteiger partial charge in [0.05, 0.1) is 19.4 Å². The van der Waals surface area contributed by atoms with E-state index in [4.69, 9.17) is 9.15 Å². The van der Waals surface area contributed by atoms with E-state index >= 15 is 0 Å². The number of methoxy groups -OCH3 is 1. The van der Waals surface area contributed by atoms with Crippen LogP contribution in [-0.2, 0) is 19.5 Å². The molecule has 1 N–H and O–H groups in total. The highest BCUT2D eigenvalue weighted by Crippen LogP contribution is 2.18. The standard InChI is InChI=1S/C21H25N5O3/c1-15(22-21(27)18-4-3-13-29-18)20-24-23-19-9-10-25(11-12-26(19)20)14-16-5-7-17(28-2)8-6-16/h3-8,13,15H,9-12,14H2,1-2H3,(H,22,27). The predicted octanol–water partition coefficient (Wildman–Crippen LogP) is 2.43. The molecule has 0 saturated carbocycles. The summed E-state index contributed by atoms with van der Waals surface area (Å²) in [6.45, 7) is 5.38. The second-order valence-corrected chi connectivity index (χ2v) is 7.17. The summed E-state index contributed by atoms with van der Waals surface area (Å²) >= 11 is 0. The van der Waals surface area contributed by atoms with Gasteiger partial charge < -0.3 is 19.0 Å². The first-order valence-electron chi connectivity index (χ1n) is 9.75. The minimum Gasteiger partial charge on any atom is -0.497 e. The minimum absolute atomic E-state index is 0.255. The summed E-state index contributed by atoms with van der Waals surface area (Å²) in [6.07, 6.45) is 2.31. The Kier molecular flexibility index (Phi) is 5.62. The summed E-state index contributed by atoms with van der Waals surface area (Å²) in [5.74, 6) is 2.63. The van der Waals surface area contributed by atoms with Crippen LogP contribution in [0.1, 0.15) is 40.7 Å². The second-order valence-electron chi connectivity index (χ2n) is 7.17. The van der Waals surface area contributed by atoms with Crippen LogP contribution in [0.15, 0.2) is 47.1 Å². The van der Waals surface area contributed by atoms with Crippen LogP contribution in [0.4, 0.5) is 0 Å². The van der Waals surface area contributed by atoms with Crippen molar-refractivity contribution in [2.75, 3.05) is 20.2 Å². The predicted molar refractivity (Wildman–Crippen MR) is 107 cm³/mol. The van der Waals surface area contributed by atoms with Crippen LogP contribution in [0.5, 0.6) is 5.75 Å². The van der Waals surface area contributed by atoms with Crippen LogP contribution in [0, 0.1) is 0 Å². The zero-order valence-electron chi connectivity index (χ0n) is 16.7. The number of carbonyl (C=O) groups excluding carboxylic acids is 1. The van der Waals surface area contributed by atoms with Gasteiger partial charge in [0.2, 0.25) is 0 Å². The number of fused-ring (bicyclic) bond motifs is 1. The molecule has 8 nitrogen and oxygen atoms in total. The van der Waals surface area contributed by atoms with Crippen LogP contribution in [-0.4, -0.2) is 45.8 Å². The van der Waals surface area contributed by atoms with Crippen molar-refractivity contribution in [3.05, 3.63) is 65.6 Å². The van der Waals surface area contributed by atoms with Crippen molar-refractivity contribution in [1.29, 1.82) is 0 Å². The Morgan fingerprint density at radius 1 is 1.21 bits per heavy atom. The average Bonchev–Trinajstić information content (AvgIpc) is 3.37. The SMILES string of the molecule is COc1ccc(CN2CCc3nnc(C(C)NC(=O)c4ccco4)n3CC2)cc1. The van der Waals surface area contributed by atoms with Gasteiger partial charge in [-0.1, -0.05) is 12.1 Å². The number of aromatic nitrogens is 3. The first kappa shape index (κ1) is 19.2. The van der Waals surface area contributed by atoms with Crippen LogP contribution in [0.2, 0.25) is 0 Å². The first-order valence-corrected chi connectivity index (χ1v) is 9.75. The molecule has 1 aliphatic heterocycles. The normalized spacial score (nSPS) is 15.4. The highest BCUT2D eigenvalue weighted by atomic mass is 16.5. The Morgan fingerprint density at radius 3 is 2.76 bits per heavy atom. The fourth-order valence-corrected chi connectivity index (χ4v) is 3.60. The monoisotopic (exact) mass is 395 g/mol. The van der Waals surface area contributed by atoms with Gasteiger partial charge in [-0.2, -0.15) is 0 Å². The fourth-order valence-electron chi connectivity index (χ4n) is 3.60. The third-order valence-electron chi connectivity index (χ3n) is 5.19. The minimum atomic E-state index is -0.262. The Balaban J connectivity index is 1.40. The van der Waals surface area contributed by atoms with Gasteiger partial charge >= 0.3 is 0 Å². The van der Waals surface area contributed by atoms with Crippen molar-refractivity contribution >= 4 is 5.91 Å². The lowest BCUT2D eigenvalue weighted by molar-refractivity contribution is 0.0909. The van der Waals surface area contributed by atoms with E-state index in [1.54, 1.807) is 19.2 Å². The van der Waals surface area contributed by atoms with Crippen molar-refractivity contribution in [2.24, 2.45) is 0 Å². The molecule has 0 bridgehead atoms. The van der Waals surface area contributed by atoms with Gasteiger partial charge in [-0.25, -0.2) is 0 Å². The van der Waals surface area contributed by atoms with Crippen molar-refractivity contribution < 1.29 is 13.9 Å². The molecular formula is C21H25N5O3. The molecule has 29 heavy (non-hydrogen) atoms. The molecule has 8 heteroatoms. The maximum absolute atomic E-state index is 12.3. The number of nitrogens with one attached hydrogen (secondary N) is 1. The van der Waals surface area contributed by atoms with E-state index in [-0.39, 0.29) is 17.7 Å². The molecule has 3 aromatic rings. The van der Waals surface area contributed by atoms with Gasteiger partial charge in [0.25, 0.3) is 5.91 Å². The smallest absolute Gasteiger partial charge is 0.287 e. The first-order chi connectivity index (χ1) is 14.1. The molecule has 1 atom stereocenters. The number of amides is 1. The average molecular weight is 395 g/mol. The molecule has 0 saturated heterocycles. The summed E-state index contributed by atoms with van der Waals surface area (Å²) in [6, 6.07) is 11.3. The maximum Gasteiger partial charge on any atom is 0.287 e. The third-order valence-corrected chi connectivity index (χ3v) is 5.19. The number of ether oxygens (including phenoxy) is 1. The third kappa shape index (κ3) is 4.32. The number of rotatable bonds is 6. The molecule has 1 unspecified atom stereocenters. The Bertz CT molecular complexity index is 949. The molecule has 0 aliphatic carbocycles. The van der Waals surface area contributed by atoms with E-state index in [9.17, 15) is 4.79 Å². The number of carbonyl (C=O) groups is 1. The van der Waals surface area contributed by atoms with Crippen molar-refractivity contribution in [1.82, 2.24) is 25.0 Å². The van der Waals surface area contributed by atoms with Gasteiger partial charge in [-0.05, 0) is 36.8 Å².